The second-order valence-electron chi connectivity index (χ2n) is 2.96. The van der Waals surface area contributed by atoms with Crippen LogP contribution in [0.15, 0.2) is 23.1 Å². The van der Waals surface area contributed by atoms with E-state index >= 15 is 0 Å². The summed E-state index contributed by atoms with van der Waals surface area (Å²) in [4.78, 5) is 17.6. The van der Waals surface area contributed by atoms with Crippen molar-refractivity contribution in [2.45, 2.75) is 0 Å². The van der Waals surface area contributed by atoms with Crippen molar-refractivity contribution in [3.05, 3.63) is 33.5 Å². The van der Waals surface area contributed by atoms with Gasteiger partial charge in [0, 0.05) is 24.7 Å². The molecular formula is C8H7N3O3S. The number of H-pyrrole nitrogens is 1. The van der Waals surface area contributed by atoms with Crippen LogP contribution in [0.4, 0.5) is 0 Å². The van der Waals surface area contributed by atoms with E-state index in [2.05, 4.69) is 9.97 Å². The zero-order valence-corrected chi connectivity index (χ0v) is 8.58. The van der Waals surface area contributed by atoms with Gasteiger partial charge in [-0.15, -0.1) is 0 Å². The summed E-state index contributed by atoms with van der Waals surface area (Å²) in [6, 6.07) is 2.98. The van der Waals surface area contributed by atoms with Crippen LogP contribution in [0.1, 0.15) is 0 Å². The lowest BCUT2D eigenvalue weighted by Crippen LogP contribution is -2.16. The summed E-state index contributed by atoms with van der Waals surface area (Å²) in [7, 11) is -0.878. The van der Waals surface area contributed by atoms with Crippen LogP contribution in [0, 0.1) is 4.77 Å². The third-order valence-corrected chi connectivity index (χ3v) is 2.57. The number of aryl methyl sites for hydroxylation is 1. The topological polar surface area (TPSA) is 84.8 Å². The number of nitrogens with one attached hydrogen (secondary N) is 1. The monoisotopic (exact) mass is 225 g/mol. The third kappa shape index (κ3) is 1.57. The molecule has 0 aliphatic heterocycles. The van der Waals surface area contributed by atoms with Gasteiger partial charge in [0.15, 0.2) is 0 Å². The summed E-state index contributed by atoms with van der Waals surface area (Å²) in [6.07, 6.45) is 1.40. The summed E-state index contributed by atoms with van der Waals surface area (Å²) in [5, 5.41) is 0.673. The van der Waals surface area contributed by atoms with Gasteiger partial charge in [-0.05, 0) is 6.07 Å². The van der Waals surface area contributed by atoms with Crippen molar-refractivity contribution in [1.82, 2.24) is 14.5 Å². The molecular weight excluding hydrogens is 218 g/mol. The molecule has 2 aromatic rings. The van der Waals surface area contributed by atoms with Crippen LogP contribution in [-0.4, -0.2) is 23.0 Å². The lowest BCUT2D eigenvalue weighted by atomic mass is 10.3. The fourth-order valence-corrected chi connectivity index (χ4v) is 1.58. The van der Waals surface area contributed by atoms with E-state index in [0.717, 1.165) is 0 Å². The van der Waals surface area contributed by atoms with E-state index in [1.807, 2.05) is 0 Å². The van der Waals surface area contributed by atoms with Crippen LogP contribution >= 0.6 is 0 Å². The van der Waals surface area contributed by atoms with E-state index in [1.165, 1.54) is 16.8 Å². The van der Waals surface area contributed by atoms with Gasteiger partial charge in [-0.25, -0.2) is 4.98 Å². The highest BCUT2D eigenvalue weighted by Crippen LogP contribution is 2.04. The maximum atomic E-state index is 11.3. The third-order valence-electron chi connectivity index (χ3n) is 2.05. The Labute approximate surface area is 85.4 Å². The van der Waals surface area contributed by atoms with Gasteiger partial charge in [0.2, 0.25) is 0 Å². The van der Waals surface area contributed by atoms with Gasteiger partial charge >= 0.3 is 0 Å². The number of aromatic nitrogens is 3. The molecule has 0 spiro atoms. The molecule has 2 heterocycles. The molecule has 0 aliphatic rings. The Morgan fingerprint density at radius 2 is 2.13 bits per heavy atom. The molecule has 0 amide bonds. The largest absolute Gasteiger partial charge is 0.313 e. The van der Waals surface area contributed by atoms with Gasteiger partial charge in [0.05, 0.1) is 0 Å². The van der Waals surface area contributed by atoms with Crippen molar-refractivity contribution < 1.29 is 8.42 Å². The minimum absolute atomic E-state index is 0.191. The number of hydrogen-bond donors (Lipinski definition) is 1. The maximum absolute atomic E-state index is 11.3. The van der Waals surface area contributed by atoms with Crippen LogP contribution in [0.25, 0.3) is 11.0 Å². The average Bonchev–Trinajstić information content (AvgIpc) is 2.23. The van der Waals surface area contributed by atoms with Crippen molar-refractivity contribution in [3.8, 4) is 0 Å². The number of aromatic amines is 1. The molecule has 0 radical (unpaired) electrons. The zero-order valence-electron chi connectivity index (χ0n) is 7.76. The molecule has 0 saturated carbocycles. The highest BCUT2D eigenvalue weighted by atomic mass is 32.2. The predicted molar refractivity (Wildman–Crippen MR) is 53.5 cm³/mol. The van der Waals surface area contributed by atoms with E-state index in [4.69, 9.17) is 0 Å². The maximum Gasteiger partial charge on any atom is 0.258 e. The standard InChI is InChI=1S/C8H7N3O3S/c1-11-6(12)3-2-5-4-9-8(15(13)14)10-7(5)11/h2-4,10H,1H3. The van der Waals surface area contributed by atoms with Crippen molar-refractivity contribution in [2.75, 3.05) is 0 Å². The molecule has 0 unspecified atom stereocenters. The summed E-state index contributed by atoms with van der Waals surface area (Å²) < 4.78 is 22.5. The molecule has 0 aromatic carbocycles. The zero-order chi connectivity index (χ0) is 11.0. The second-order valence-corrected chi connectivity index (χ2v) is 3.81. The molecule has 0 aliphatic carbocycles. The van der Waals surface area contributed by atoms with Gasteiger partial charge in [0.25, 0.3) is 20.6 Å². The molecule has 78 valence electrons. The molecule has 2 aromatic heterocycles. The SMILES string of the molecule is Cn1c(=O)ccc2cnc(=S(=O)=O)[nH]c21. The molecule has 1 N–H and O–H groups in total. The lowest BCUT2D eigenvalue weighted by Gasteiger charge is -2.01. The number of nitrogens with zero attached hydrogens (tertiary/aromatic N) is 2. The Kier molecular flexibility index (Phi) is 2.16. The summed E-state index contributed by atoms with van der Waals surface area (Å²) in [5.41, 5.74) is 0.212. The Balaban J connectivity index is 3.12. The Morgan fingerprint density at radius 3 is 2.80 bits per heavy atom. The smallest absolute Gasteiger partial charge is 0.258 e. The van der Waals surface area contributed by atoms with E-state index in [-0.39, 0.29) is 10.3 Å². The molecule has 0 fully saturated rings. The summed E-state index contributed by atoms with van der Waals surface area (Å²) in [5.74, 6) is 0. The number of hydrogen-bond acceptors (Lipinski definition) is 4. The van der Waals surface area contributed by atoms with Gasteiger partial charge in [0.1, 0.15) is 5.65 Å². The van der Waals surface area contributed by atoms with E-state index in [9.17, 15) is 13.2 Å². The molecule has 15 heavy (non-hydrogen) atoms. The molecule has 0 atom stereocenters. The van der Waals surface area contributed by atoms with Crippen molar-refractivity contribution in [1.29, 1.82) is 0 Å². The first kappa shape index (κ1) is 9.66. The highest BCUT2D eigenvalue weighted by Gasteiger charge is 1.99. The van der Waals surface area contributed by atoms with Crippen molar-refractivity contribution in [3.63, 3.8) is 0 Å². The van der Waals surface area contributed by atoms with Crippen molar-refractivity contribution in [2.24, 2.45) is 7.05 Å². The van der Waals surface area contributed by atoms with Crippen LogP contribution in [0.5, 0.6) is 0 Å². The number of rotatable bonds is 0. The van der Waals surface area contributed by atoms with Crippen LogP contribution < -0.4 is 5.56 Å². The fourth-order valence-electron chi connectivity index (χ4n) is 1.26. The van der Waals surface area contributed by atoms with E-state index in [0.29, 0.717) is 11.0 Å². The number of pyridine rings is 1. The Bertz CT molecular complexity index is 747. The van der Waals surface area contributed by atoms with Gasteiger partial charge in [-0.2, -0.15) is 8.42 Å². The van der Waals surface area contributed by atoms with Crippen LogP contribution in [0.3, 0.4) is 0 Å². The Morgan fingerprint density at radius 1 is 1.40 bits per heavy atom. The lowest BCUT2D eigenvalue weighted by molar-refractivity contribution is 0.623. The molecule has 0 bridgehead atoms. The first-order valence-corrected chi connectivity index (χ1v) is 5.14. The Hall–Kier alpha value is -1.89. The van der Waals surface area contributed by atoms with Gasteiger partial charge in [-0.1, -0.05) is 0 Å². The quantitative estimate of drug-likeness (QED) is 0.622. The minimum Gasteiger partial charge on any atom is -0.313 e. The van der Waals surface area contributed by atoms with Crippen molar-refractivity contribution >= 4 is 21.3 Å². The summed E-state index contributed by atoms with van der Waals surface area (Å²) in [6.45, 7) is 0. The van der Waals surface area contributed by atoms with Crippen LogP contribution in [0.2, 0.25) is 0 Å². The first-order chi connectivity index (χ1) is 7.09. The summed E-state index contributed by atoms with van der Waals surface area (Å²) >= 11 is 0. The molecule has 2 rings (SSSR count). The van der Waals surface area contributed by atoms with Gasteiger partial charge < -0.3 is 4.98 Å². The molecule has 6 nitrogen and oxygen atoms in total. The fraction of sp³-hybridized carbons (Fsp3) is 0.125. The van der Waals surface area contributed by atoms with E-state index in [1.54, 1.807) is 13.1 Å². The minimum atomic E-state index is -2.43. The second kappa shape index (κ2) is 3.35. The average molecular weight is 225 g/mol. The highest BCUT2D eigenvalue weighted by molar-refractivity contribution is 7.63. The predicted octanol–water partition coefficient (Wildman–Crippen LogP) is -0.327. The number of fused-ring (bicyclic) bond motifs is 1. The van der Waals surface area contributed by atoms with E-state index < -0.39 is 10.3 Å². The molecule has 0 saturated heterocycles. The normalized spacial score (nSPS) is 10.5. The van der Waals surface area contributed by atoms with Crippen LogP contribution in [-0.2, 0) is 17.3 Å². The molecule has 7 heteroatoms. The van der Waals surface area contributed by atoms with Gasteiger partial charge in [-0.3, -0.25) is 9.36 Å². The first-order valence-electron chi connectivity index (χ1n) is 4.07.